The normalized spacial score (nSPS) is 22.2. The maximum absolute atomic E-state index is 13.2. The Labute approximate surface area is 185 Å². The van der Waals surface area contributed by atoms with E-state index in [0.717, 1.165) is 22.1 Å². The van der Waals surface area contributed by atoms with E-state index in [1.807, 2.05) is 60.7 Å². The van der Waals surface area contributed by atoms with Crippen molar-refractivity contribution in [1.29, 1.82) is 0 Å². The lowest BCUT2D eigenvalue weighted by molar-refractivity contribution is -0.155. The number of methoxy groups -OCH3 is 1. The highest BCUT2D eigenvalue weighted by atomic mass is 16.5. The number of hydrogen-bond donors (Lipinski definition) is 2. The molecule has 1 amide bonds. The van der Waals surface area contributed by atoms with Crippen LogP contribution in [0.25, 0.3) is 16.5 Å². The van der Waals surface area contributed by atoms with E-state index in [-0.39, 0.29) is 11.9 Å². The molecule has 3 heterocycles. The predicted molar refractivity (Wildman–Crippen MR) is 120 cm³/mol. The fourth-order valence-electron chi connectivity index (χ4n) is 5.12. The number of aromatic nitrogens is 1. The van der Waals surface area contributed by atoms with Crippen molar-refractivity contribution in [2.45, 2.75) is 19.0 Å². The Balaban J connectivity index is 1.66. The number of fused-ring (bicyclic) bond motifs is 3. The molecule has 1 fully saturated rings. The van der Waals surface area contributed by atoms with Gasteiger partial charge in [0.05, 0.1) is 25.0 Å². The van der Waals surface area contributed by atoms with E-state index in [2.05, 4.69) is 0 Å². The summed E-state index contributed by atoms with van der Waals surface area (Å²) in [6.45, 7) is 0.382. The van der Waals surface area contributed by atoms with Gasteiger partial charge in [0.1, 0.15) is 0 Å². The number of carbonyl (C=O) groups excluding carboxylic acids is 2. The number of rotatable bonds is 5. The minimum Gasteiger partial charge on any atom is -0.469 e. The first-order valence-corrected chi connectivity index (χ1v) is 10.6. The summed E-state index contributed by atoms with van der Waals surface area (Å²) in [5.74, 6) is -1.28. The lowest BCUT2D eigenvalue weighted by Crippen LogP contribution is -2.57. The van der Waals surface area contributed by atoms with Gasteiger partial charge in [-0.2, -0.15) is 0 Å². The predicted octanol–water partition coefficient (Wildman–Crippen LogP) is 2.06. The molecule has 2 bridgehead atoms. The Kier molecular flexibility index (Phi) is 5.11. The highest BCUT2D eigenvalue weighted by Gasteiger charge is 2.50. The third kappa shape index (κ3) is 3.23. The summed E-state index contributed by atoms with van der Waals surface area (Å²) in [7, 11) is -0.334. The van der Waals surface area contributed by atoms with E-state index < -0.39 is 25.1 Å². The smallest absolute Gasteiger partial charge is 0.469 e. The van der Waals surface area contributed by atoms with Crippen LogP contribution in [0.4, 0.5) is 0 Å². The summed E-state index contributed by atoms with van der Waals surface area (Å²) < 4.78 is 6.48. The van der Waals surface area contributed by atoms with E-state index in [1.165, 1.54) is 11.6 Å². The third-order valence-corrected chi connectivity index (χ3v) is 6.52. The molecule has 32 heavy (non-hydrogen) atoms. The second-order valence-electron chi connectivity index (χ2n) is 8.30. The number of nitrogens with zero attached hydrogens (tertiary/aromatic N) is 2. The Morgan fingerprint density at radius 3 is 2.56 bits per heavy atom. The van der Waals surface area contributed by atoms with E-state index in [1.54, 1.807) is 11.1 Å². The topological polar surface area (TPSA) is 92.0 Å². The van der Waals surface area contributed by atoms with Crippen molar-refractivity contribution in [2.24, 2.45) is 11.8 Å². The van der Waals surface area contributed by atoms with Crippen molar-refractivity contribution in [3.63, 3.8) is 0 Å². The Bertz CT molecular complexity index is 1220. The molecule has 0 radical (unpaired) electrons. The largest absolute Gasteiger partial charge is 0.592 e. The quantitative estimate of drug-likeness (QED) is 0.478. The molecule has 3 aliphatic rings. The molecule has 7 nitrogen and oxygen atoms in total. The van der Waals surface area contributed by atoms with E-state index in [0.29, 0.717) is 18.5 Å². The molecule has 1 saturated heterocycles. The number of carbonyl (C=O) groups is 2. The zero-order valence-electron chi connectivity index (χ0n) is 17.6. The van der Waals surface area contributed by atoms with Crippen molar-refractivity contribution in [3.8, 4) is 0 Å². The zero-order valence-corrected chi connectivity index (χ0v) is 17.6. The molecule has 0 unspecified atom stereocenters. The molecule has 8 heteroatoms. The summed E-state index contributed by atoms with van der Waals surface area (Å²) in [5.41, 5.74) is 3.26. The SMILES string of the molecule is COC(=O)[C@H]1C[C@H]2C=C(c3cn(B(O)O)c4ccccc34)[C@@H]1N(Cc1ccccc1)C2=O. The van der Waals surface area contributed by atoms with E-state index in [4.69, 9.17) is 4.74 Å². The molecule has 1 aliphatic carbocycles. The zero-order chi connectivity index (χ0) is 22.4. The van der Waals surface area contributed by atoms with Crippen molar-refractivity contribution < 1.29 is 24.4 Å². The molecule has 2 aliphatic heterocycles. The average Bonchev–Trinajstić information content (AvgIpc) is 3.21. The summed E-state index contributed by atoms with van der Waals surface area (Å²) in [4.78, 5) is 27.8. The van der Waals surface area contributed by atoms with Crippen LogP contribution in [0, 0.1) is 11.8 Å². The van der Waals surface area contributed by atoms with Crippen LogP contribution in [0.3, 0.4) is 0 Å². The summed E-state index contributed by atoms with van der Waals surface area (Å²) in [5, 5.41) is 20.6. The van der Waals surface area contributed by atoms with Crippen LogP contribution in [0.1, 0.15) is 17.5 Å². The number of ether oxygens (including phenoxy) is 1. The van der Waals surface area contributed by atoms with Gasteiger partial charge in [0.25, 0.3) is 0 Å². The van der Waals surface area contributed by atoms with Crippen LogP contribution in [0.5, 0.6) is 0 Å². The first-order valence-electron chi connectivity index (χ1n) is 10.6. The van der Waals surface area contributed by atoms with Crippen LogP contribution in [-0.2, 0) is 20.9 Å². The van der Waals surface area contributed by atoms with Gasteiger partial charge in [-0.1, -0.05) is 54.6 Å². The monoisotopic (exact) mass is 430 g/mol. The summed E-state index contributed by atoms with van der Waals surface area (Å²) in [6.07, 6.45) is 4.03. The first kappa shape index (κ1) is 20.5. The number of amides is 1. The fourth-order valence-corrected chi connectivity index (χ4v) is 5.12. The van der Waals surface area contributed by atoms with Crippen molar-refractivity contribution in [2.75, 3.05) is 7.11 Å². The van der Waals surface area contributed by atoms with Crippen LogP contribution in [0.15, 0.2) is 66.9 Å². The van der Waals surface area contributed by atoms with Crippen LogP contribution in [-0.4, -0.2) is 51.7 Å². The van der Waals surface area contributed by atoms with E-state index in [9.17, 15) is 19.6 Å². The third-order valence-electron chi connectivity index (χ3n) is 6.52. The van der Waals surface area contributed by atoms with Crippen molar-refractivity contribution in [1.82, 2.24) is 9.38 Å². The van der Waals surface area contributed by atoms with Gasteiger partial charge >= 0.3 is 13.2 Å². The van der Waals surface area contributed by atoms with Crippen molar-refractivity contribution in [3.05, 3.63) is 78.0 Å². The highest BCUT2D eigenvalue weighted by molar-refractivity contribution is 6.41. The number of para-hydroxylation sites is 1. The Hall–Kier alpha value is -3.36. The molecule has 3 aromatic rings. The van der Waals surface area contributed by atoms with Gasteiger partial charge in [-0.05, 0) is 23.6 Å². The first-order chi connectivity index (χ1) is 15.5. The lowest BCUT2D eigenvalue weighted by atomic mass is 9.71. The minimum atomic E-state index is -1.70. The molecule has 2 N–H and O–H groups in total. The van der Waals surface area contributed by atoms with Crippen LogP contribution < -0.4 is 0 Å². The van der Waals surface area contributed by atoms with Gasteiger partial charge < -0.3 is 24.2 Å². The molecule has 3 atom stereocenters. The summed E-state index contributed by atoms with van der Waals surface area (Å²) in [6, 6.07) is 16.6. The van der Waals surface area contributed by atoms with Crippen LogP contribution >= 0.6 is 0 Å². The second-order valence-corrected chi connectivity index (χ2v) is 8.30. The fraction of sp³-hybridized carbons (Fsp3) is 0.250. The van der Waals surface area contributed by atoms with Crippen molar-refractivity contribution >= 4 is 35.6 Å². The maximum Gasteiger partial charge on any atom is 0.592 e. The molecular weight excluding hydrogens is 407 g/mol. The highest BCUT2D eigenvalue weighted by Crippen LogP contribution is 2.46. The van der Waals surface area contributed by atoms with Gasteiger partial charge in [0.2, 0.25) is 5.91 Å². The molecule has 162 valence electrons. The molecule has 0 saturated carbocycles. The lowest BCUT2D eigenvalue weighted by Gasteiger charge is -2.48. The number of benzene rings is 2. The van der Waals surface area contributed by atoms with Gasteiger partial charge in [0, 0.05) is 29.2 Å². The molecule has 2 aromatic carbocycles. The summed E-state index contributed by atoms with van der Waals surface area (Å²) >= 11 is 0. The maximum atomic E-state index is 13.2. The number of hydrogen-bond acceptors (Lipinski definition) is 5. The number of esters is 1. The average molecular weight is 430 g/mol. The standard InChI is InChI=1S/C24H23BN2O5/c1-32-24(29)19-12-16-11-18(20-14-27(25(30)31)21-10-6-5-9-17(20)21)22(19)26(23(16)28)13-15-7-3-2-4-8-15/h2-11,14,16,19,22,30-31H,12-13H2,1H3/t16-,19+,22+/m1/s1. The minimum absolute atomic E-state index is 0.00585. The second kappa shape index (κ2) is 7.96. The molecule has 0 spiro atoms. The van der Waals surface area contributed by atoms with E-state index >= 15 is 0 Å². The van der Waals surface area contributed by atoms with Gasteiger partial charge in [0.15, 0.2) is 0 Å². The van der Waals surface area contributed by atoms with Gasteiger partial charge in [-0.3, -0.25) is 9.59 Å². The van der Waals surface area contributed by atoms with Gasteiger partial charge in [-0.25, -0.2) is 0 Å². The molecule has 1 aromatic heterocycles. The van der Waals surface area contributed by atoms with Crippen LogP contribution in [0.2, 0.25) is 0 Å². The Morgan fingerprint density at radius 2 is 1.84 bits per heavy atom. The molecular formula is C24H23BN2O5. The Morgan fingerprint density at radius 1 is 1.12 bits per heavy atom. The van der Waals surface area contributed by atoms with Gasteiger partial charge in [-0.15, -0.1) is 0 Å². The number of piperidine rings is 1. The molecule has 6 rings (SSSR count).